The van der Waals surface area contributed by atoms with Crippen LogP contribution < -0.4 is 10.6 Å². The molecule has 7 nitrogen and oxygen atoms in total. The fourth-order valence-electron chi connectivity index (χ4n) is 3.04. The molecule has 0 spiro atoms. The maximum absolute atomic E-state index is 12.1. The maximum atomic E-state index is 12.1. The zero-order valence-corrected chi connectivity index (χ0v) is 18.7. The van der Waals surface area contributed by atoms with Crippen molar-refractivity contribution in [3.8, 4) is 5.69 Å². The van der Waals surface area contributed by atoms with Gasteiger partial charge in [0.05, 0.1) is 11.9 Å². The molecule has 8 heteroatoms. The highest BCUT2D eigenvalue weighted by molar-refractivity contribution is 6.30. The molecule has 1 heterocycles. The molecule has 0 saturated carbocycles. The third-order valence-corrected chi connectivity index (χ3v) is 4.95. The van der Waals surface area contributed by atoms with Crippen LogP contribution in [-0.2, 0) is 13.0 Å². The Morgan fingerprint density at radius 3 is 2.61 bits per heavy atom. The van der Waals surface area contributed by atoms with Gasteiger partial charge in [-0.05, 0) is 48.4 Å². The van der Waals surface area contributed by atoms with E-state index in [0.29, 0.717) is 29.6 Å². The Hall–Kier alpha value is -3.32. The molecule has 0 atom stereocenters. The van der Waals surface area contributed by atoms with Gasteiger partial charge in [-0.15, -0.1) is 0 Å². The van der Waals surface area contributed by atoms with Crippen molar-refractivity contribution < 1.29 is 4.79 Å². The number of nitrogens with one attached hydrogen (secondary N) is 2. The lowest BCUT2D eigenvalue weighted by atomic mass is 10.1. The molecule has 1 amide bonds. The first kappa shape index (κ1) is 22.4. The number of nitrogens with zero attached hydrogens (tertiary/aromatic N) is 4. The van der Waals surface area contributed by atoms with E-state index in [2.05, 4.69) is 20.7 Å². The molecule has 0 bridgehead atoms. The summed E-state index contributed by atoms with van der Waals surface area (Å²) in [6, 6.07) is 15.2. The number of amides is 1. The van der Waals surface area contributed by atoms with E-state index in [1.165, 1.54) is 0 Å². The van der Waals surface area contributed by atoms with Gasteiger partial charge >= 0.3 is 0 Å². The normalized spacial score (nSPS) is 11.3. The fraction of sp³-hybridized carbons (Fsp3) is 0.261. The number of benzene rings is 2. The van der Waals surface area contributed by atoms with Crippen LogP contribution in [0.3, 0.4) is 0 Å². The van der Waals surface area contributed by atoms with Crippen molar-refractivity contribution in [1.82, 2.24) is 25.3 Å². The van der Waals surface area contributed by atoms with E-state index in [1.54, 1.807) is 26.0 Å². The molecule has 1 aromatic heterocycles. The van der Waals surface area contributed by atoms with Crippen LogP contribution in [0.2, 0.25) is 5.02 Å². The summed E-state index contributed by atoms with van der Waals surface area (Å²) in [6.07, 6.45) is 4.57. The molecule has 0 unspecified atom stereocenters. The number of hydrogen-bond acceptors (Lipinski definition) is 3. The van der Waals surface area contributed by atoms with E-state index in [4.69, 9.17) is 11.6 Å². The number of guanidine groups is 1. The van der Waals surface area contributed by atoms with Gasteiger partial charge in [0.1, 0.15) is 0 Å². The zero-order chi connectivity index (χ0) is 22.2. The second-order valence-electron chi connectivity index (χ2n) is 7.27. The summed E-state index contributed by atoms with van der Waals surface area (Å²) in [6.45, 7) is 1.30. The second kappa shape index (κ2) is 10.6. The van der Waals surface area contributed by atoms with Crippen molar-refractivity contribution in [3.05, 3.63) is 82.6 Å². The summed E-state index contributed by atoms with van der Waals surface area (Å²) in [4.78, 5) is 18.0. The van der Waals surface area contributed by atoms with Gasteiger partial charge in [-0.1, -0.05) is 23.7 Å². The Kier molecular flexibility index (Phi) is 7.67. The topological polar surface area (TPSA) is 74.6 Å². The summed E-state index contributed by atoms with van der Waals surface area (Å²) in [5.41, 5.74) is 3.78. The number of aromatic nitrogens is 2. The fourth-order valence-corrected chi connectivity index (χ4v) is 3.16. The van der Waals surface area contributed by atoms with E-state index >= 15 is 0 Å². The number of aliphatic imine (C=N–C) groups is 1. The predicted octanol–water partition coefficient (Wildman–Crippen LogP) is 3.14. The van der Waals surface area contributed by atoms with Crippen molar-refractivity contribution in [2.75, 3.05) is 27.7 Å². The predicted molar refractivity (Wildman–Crippen MR) is 125 cm³/mol. The lowest BCUT2D eigenvalue weighted by Crippen LogP contribution is -2.37. The van der Waals surface area contributed by atoms with Crippen LogP contribution in [0.25, 0.3) is 5.69 Å². The summed E-state index contributed by atoms with van der Waals surface area (Å²) in [5.74, 6) is 0.714. The maximum Gasteiger partial charge on any atom is 0.253 e. The zero-order valence-electron chi connectivity index (χ0n) is 18.0. The van der Waals surface area contributed by atoms with Gasteiger partial charge < -0.3 is 15.5 Å². The molecule has 162 valence electrons. The highest BCUT2D eigenvalue weighted by Crippen LogP contribution is 2.13. The van der Waals surface area contributed by atoms with Gasteiger partial charge in [-0.3, -0.25) is 9.79 Å². The molecular formula is C23H27ClN6O. The van der Waals surface area contributed by atoms with Crippen LogP contribution in [0.4, 0.5) is 0 Å². The molecule has 0 fully saturated rings. The average molecular weight is 439 g/mol. The Balaban J connectivity index is 1.49. The van der Waals surface area contributed by atoms with Crippen LogP contribution >= 0.6 is 11.6 Å². The van der Waals surface area contributed by atoms with Crippen LogP contribution in [-0.4, -0.2) is 54.2 Å². The van der Waals surface area contributed by atoms with Crippen molar-refractivity contribution in [2.24, 2.45) is 4.99 Å². The van der Waals surface area contributed by atoms with Crippen molar-refractivity contribution in [2.45, 2.75) is 13.0 Å². The average Bonchev–Trinajstić information content (AvgIpc) is 3.25. The van der Waals surface area contributed by atoms with Crippen molar-refractivity contribution >= 4 is 23.5 Å². The molecule has 2 aromatic carbocycles. The highest BCUT2D eigenvalue weighted by Gasteiger charge is 2.08. The van der Waals surface area contributed by atoms with Crippen molar-refractivity contribution in [1.29, 1.82) is 0 Å². The molecule has 0 aliphatic rings. The first-order chi connectivity index (χ1) is 15.0. The molecule has 2 N–H and O–H groups in total. The van der Waals surface area contributed by atoms with Crippen LogP contribution in [0.1, 0.15) is 21.5 Å². The van der Waals surface area contributed by atoms with E-state index in [9.17, 15) is 4.79 Å². The van der Waals surface area contributed by atoms with Gasteiger partial charge in [0.2, 0.25) is 0 Å². The Bertz CT molecular complexity index is 1040. The molecular weight excluding hydrogens is 412 g/mol. The van der Waals surface area contributed by atoms with Crippen LogP contribution in [0, 0.1) is 0 Å². The summed E-state index contributed by atoms with van der Waals surface area (Å²) >= 11 is 5.94. The summed E-state index contributed by atoms with van der Waals surface area (Å²) in [5, 5.41) is 11.7. The van der Waals surface area contributed by atoms with Crippen LogP contribution in [0.5, 0.6) is 0 Å². The minimum absolute atomic E-state index is 0.00596. The first-order valence-electron chi connectivity index (χ1n) is 10.0. The third kappa shape index (κ3) is 6.33. The number of hydrogen-bond donors (Lipinski definition) is 2. The van der Waals surface area contributed by atoms with Gasteiger partial charge in [-0.2, -0.15) is 5.10 Å². The largest absolute Gasteiger partial charge is 0.356 e. The minimum atomic E-state index is 0.00596. The summed E-state index contributed by atoms with van der Waals surface area (Å²) < 4.78 is 1.81. The van der Waals surface area contributed by atoms with Gasteiger partial charge in [0.15, 0.2) is 5.96 Å². The second-order valence-corrected chi connectivity index (χ2v) is 7.71. The monoisotopic (exact) mass is 438 g/mol. The van der Waals surface area contributed by atoms with Gasteiger partial charge in [-0.25, -0.2) is 4.68 Å². The van der Waals surface area contributed by atoms with Crippen molar-refractivity contribution in [3.63, 3.8) is 0 Å². The number of halogens is 1. The van der Waals surface area contributed by atoms with E-state index < -0.39 is 0 Å². The molecule has 0 aliphatic heterocycles. The van der Waals surface area contributed by atoms with E-state index in [0.717, 1.165) is 23.2 Å². The highest BCUT2D eigenvalue weighted by atomic mass is 35.5. The SMILES string of the molecule is CN=C(NCCc1cccc(C(=O)N(C)C)c1)NCc1cnn(-c2ccc(Cl)cc2)c1. The minimum Gasteiger partial charge on any atom is -0.356 e. The molecule has 3 rings (SSSR count). The number of rotatable bonds is 7. The lowest BCUT2D eigenvalue weighted by Gasteiger charge is -2.13. The third-order valence-electron chi connectivity index (χ3n) is 4.70. The quantitative estimate of drug-likeness (QED) is 0.439. The smallest absolute Gasteiger partial charge is 0.253 e. The molecule has 0 radical (unpaired) electrons. The van der Waals surface area contributed by atoms with Gasteiger partial charge in [0.25, 0.3) is 5.91 Å². The van der Waals surface area contributed by atoms with Gasteiger partial charge in [0, 0.05) is 56.6 Å². The molecule has 0 saturated heterocycles. The Morgan fingerprint density at radius 2 is 1.90 bits per heavy atom. The number of carbonyl (C=O) groups is 1. The Morgan fingerprint density at radius 1 is 1.13 bits per heavy atom. The molecule has 3 aromatic rings. The Labute approximate surface area is 187 Å². The molecule has 31 heavy (non-hydrogen) atoms. The van der Waals surface area contributed by atoms with E-state index in [1.807, 2.05) is 65.6 Å². The molecule has 0 aliphatic carbocycles. The lowest BCUT2D eigenvalue weighted by molar-refractivity contribution is 0.0827. The summed E-state index contributed by atoms with van der Waals surface area (Å²) in [7, 11) is 5.25. The standard InChI is InChI=1S/C23H27ClN6O/c1-25-23(26-12-11-17-5-4-6-19(13-17)22(31)29(2)3)27-14-18-15-28-30(16-18)21-9-7-20(24)8-10-21/h4-10,13,15-16H,11-12,14H2,1-3H3,(H2,25,26,27). The first-order valence-corrected chi connectivity index (χ1v) is 10.4. The van der Waals surface area contributed by atoms with E-state index in [-0.39, 0.29) is 5.91 Å². The number of carbonyl (C=O) groups excluding carboxylic acids is 1. The van der Waals surface area contributed by atoms with Crippen LogP contribution in [0.15, 0.2) is 65.9 Å².